The molecule has 1 N–H and O–H groups in total. The molecule has 90 valence electrons. The van der Waals surface area contributed by atoms with E-state index in [1.807, 2.05) is 12.3 Å². The molecule has 0 aliphatic rings. The number of ether oxygens (including phenoxy) is 1. The van der Waals surface area contributed by atoms with Gasteiger partial charge >= 0.3 is 0 Å². The van der Waals surface area contributed by atoms with Crippen molar-refractivity contribution in [1.29, 1.82) is 0 Å². The van der Waals surface area contributed by atoms with Gasteiger partial charge in [0.15, 0.2) is 0 Å². The van der Waals surface area contributed by atoms with Gasteiger partial charge < -0.3 is 9.84 Å². The van der Waals surface area contributed by atoms with E-state index in [1.165, 1.54) is 0 Å². The van der Waals surface area contributed by atoms with E-state index in [2.05, 4.69) is 9.97 Å². The number of aliphatic hydroxyl groups excluding tert-OH is 1. The molecular weight excluding hydrogens is 236 g/mol. The third kappa shape index (κ3) is 3.01. The molecule has 2 aromatic heterocycles. The first-order valence-electron chi connectivity index (χ1n) is 5.27. The molecule has 0 aliphatic heterocycles. The molecule has 1 unspecified atom stereocenters. The van der Waals surface area contributed by atoms with Crippen LogP contribution in [0.2, 0.25) is 0 Å². The van der Waals surface area contributed by atoms with Gasteiger partial charge in [0.2, 0.25) is 0 Å². The van der Waals surface area contributed by atoms with Crippen molar-refractivity contribution in [3.8, 4) is 5.75 Å². The predicted molar refractivity (Wildman–Crippen MR) is 66.3 cm³/mol. The van der Waals surface area contributed by atoms with Crippen molar-refractivity contribution in [1.82, 2.24) is 9.97 Å². The van der Waals surface area contributed by atoms with Crippen LogP contribution in [0, 0.1) is 6.92 Å². The quantitative estimate of drug-likeness (QED) is 0.903. The van der Waals surface area contributed by atoms with Gasteiger partial charge in [0, 0.05) is 29.3 Å². The third-order valence-electron chi connectivity index (χ3n) is 2.39. The van der Waals surface area contributed by atoms with Gasteiger partial charge in [-0.1, -0.05) is 0 Å². The van der Waals surface area contributed by atoms with Crippen LogP contribution in [-0.2, 0) is 6.42 Å². The zero-order valence-corrected chi connectivity index (χ0v) is 10.6. The first kappa shape index (κ1) is 12.0. The van der Waals surface area contributed by atoms with Crippen LogP contribution in [-0.4, -0.2) is 22.2 Å². The molecule has 0 aliphatic carbocycles. The Kier molecular flexibility index (Phi) is 3.71. The smallest absolute Gasteiger partial charge is 0.137 e. The van der Waals surface area contributed by atoms with E-state index in [1.54, 1.807) is 36.9 Å². The Balaban J connectivity index is 2.11. The van der Waals surface area contributed by atoms with Gasteiger partial charge in [-0.2, -0.15) is 0 Å². The van der Waals surface area contributed by atoms with Crippen LogP contribution in [0.5, 0.6) is 5.75 Å². The number of thiazole rings is 1. The summed E-state index contributed by atoms with van der Waals surface area (Å²) in [5.41, 5.74) is 1.73. The molecular formula is C12H14N2O2S. The molecule has 5 heteroatoms. The minimum Gasteiger partial charge on any atom is -0.495 e. The molecule has 4 nitrogen and oxygen atoms in total. The molecule has 0 fully saturated rings. The third-order valence-corrected chi connectivity index (χ3v) is 3.38. The minimum absolute atomic E-state index is 0.507. The fourth-order valence-electron chi connectivity index (χ4n) is 1.51. The van der Waals surface area contributed by atoms with Crippen LogP contribution in [0.15, 0.2) is 23.8 Å². The summed E-state index contributed by atoms with van der Waals surface area (Å²) in [6.07, 6.45) is 3.17. The molecule has 0 saturated carbocycles. The first-order chi connectivity index (χ1) is 8.19. The summed E-state index contributed by atoms with van der Waals surface area (Å²) < 4.78 is 5.07. The molecule has 0 spiro atoms. The van der Waals surface area contributed by atoms with E-state index in [-0.39, 0.29) is 0 Å². The Morgan fingerprint density at radius 3 is 2.94 bits per heavy atom. The SMILES string of the molecule is COc1cncc(C(O)Cc2nc(C)cs2)c1. The van der Waals surface area contributed by atoms with Crippen LogP contribution >= 0.6 is 11.3 Å². The maximum absolute atomic E-state index is 10.1. The van der Waals surface area contributed by atoms with Gasteiger partial charge in [-0.3, -0.25) is 4.98 Å². The second-order valence-electron chi connectivity index (χ2n) is 3.76. The number of aryl methyl sites for hydroxylation is 1. The van der Waals surface area contributed by atoms with Crippen molar-refractivity contribution < 1.29 is 9.84 Å². The zero-order valence-electron chi connectivity index (χ0n) is 9.75. The molecule has 1 atom stereocenters. The summed E-state index contributed by atoms with van der Waals surface area (Å²) in [4.78, 5) is 8.35. The first-order valence-corrected chi connectivity index (χ1v) is 6.15. The molecule has 0 saturated heterocycles. The Morgan fingerprint density at radius 2 is 2.29 bits per heavy atom. The number of nitrogens with zero attached hydrogens (tertiary/aromatic N) is 2. The number of pyridine rings is 1. The van der Waals surface area contributed by atoms with Crippen molar-refractivity contribution in [3.05, 3.63) is 40.1 Å². The van der Waals surface area contributed by atoms with Crippen LogP contribution in [0.25, 0.3) is 0 Å². The summed E-state index contributed by atoms with van der Waals surface area (Å²) in [6.45, 7) is 1.94. The predicted octanol–water partition coefficient (Wildman–Crippen LogP) is 2.13. The van der Waals surface area contributed by atoms with E-state index >= 15 is 0 Å². The van der Waals surface area contributed by atoms with Gasteiger partial charge in [0.1, 0.15) is 5.75 Å². The largest absolute Gasteiger partial charge is 0.495 e. The fourth-order valence-corrected chi connectivity index (χ4v) is 2.32. The second kappa shape index (κ2) is 5.25. The normalized spacial score (nSPS) is 12.4. The summed E-state index contributed by atoms with van der Waals surface area (Å²) in [7, 11) is 1.58. The Morgan fingerprint density at radius 1 is 1.47 bits per heavy atom. The Hall–Kier alpha value is -1.46. The van der Waals surface area contributed by atoms with Crippen molar-refractivity contribution in [2.24, 2.45) is 0 Å². The second-order valence-corrected chi connectivity index (χ2v) is 4.70. The number of hydrogen-bond acceptors (Lipinski definition) is 5. The van der Waals surface area contributed by atoms with Crippen LogP contribution in [0.3, 0.4) is 0 Å². The highest BCUT2D eigenvalue weighted by Crippen LogP contribution is 2.22. The van der Waals surface area contributed by atoms with Gasteiger partial charge in [-0.25, -0.2) is 4.98 Å². The topological polar surface area (TPSA) is 55.2 Å². The van der Waals surface area contributed by atoms with E-state index in [9.17, 15) is 5.11 Å². The molecule has 0 radical (unpaired) electrons. The monoisotopic (exact) mass is 250 g/mol. The Labute approximate surface area is 104 Å². The zero-order chi connectivity index (χ0) is 12.3. The van der Waals surface area contributed by atoms with Crippen LogP contribution < -0.4 is 4.74 Å². The highest BCUT2D eigenvalue weighted by Gasteiger charge is 2.12. The van der Waals surface area contributed by atoms with Gasteiger partial charge in [0.05, 0.1) is 24.4 Å². The van der Waals surface area contributed by atoms with Gasteiger partial charge in [-0.15, -0.1) is 11.3 Å². The van der Waals surface area contributed by atoms with E-state index in [0.717, 1.165) is 16.3 Å². The maximum atomic E-state index is 10.1. The fraction of sp³-hybridized carbons (Fsp3) is 0.333. The van der Waals surface area contributed by atoms with Crippen molar-refractivity contribution in [2.75, 3.05) is 7.11 Å². The number of methoxy groups -OCH3 is 1. The summed E-state index contributed by atoms with van der Waals surface area (Å²) >= 11 is 1.56. The summed E-state index contributed by atoms with van der Waals surface area (Å²) in [6, 6.07) is 1.79. The van der Waals surface area contributed by atoms with E-state index < -0.39 is 6.10 Å². The molecule has 2 aromatic rings. The molecule has 0 amide bonds. The van der Waals surface area contributed by atoms with Crippen LogP contribution in [0.1, 0.15) is 22.4 Å². The number of rotatable bonds is 4. The van der Waals surface area contributed by atoms with E-state index in [0.29, 0.717) is 12.2 Å². The average molecular weight is 250 g/mol. The molecule has 0 bridgehead atoms. The van der Waals surface area contributed by atoms with Crippen molar-refractivity contribution in [3.63, 3.8) is 0 Å². The average Bonchev–Trinajstić information content (AvgIpc) is 2.75. The van der Waals surface area contributed by atoms with E-state index in [4.69, 9.17) is 4.74 Å². The van der Waals surface area contributed by atoms with Crippen molar-refractivity contribution >= 4 is 11.3 Å². The lowest BCUT2D eigenvalue weighted by Gasteiger charge is -2.09. The Bertz CT molecular complexity index is 499. The minimum atomic E-state index is -0.594. The number of aliphatic hydroxyl groups is 1. The maximum Gasteiger partial charge on any atom is 0.137 e. The lowest BCUT2D eigenvalue weighted by Crippen LogP contribution is -2.02. The lowest BCUT2D eigenvalue weighted by atomic mass is 10.1. The number of aromatic nitrogens is 2. The van der Waals surface area contributed by atoms with Crippen molar-refractivity contribution in [2.45, 2.75) is 19.4 Å². The summed E-state index contributed by atoms with van der Waals surface area (Å²) in [5.74, 6) is 0.650. The van der Waals surface area contributed by atoms with Crippen LogP contribution in [0.4, 0.5) is 0 Å². The molecule has 17 heavy (non-hydrogen) atoms. The van der Waals surface area contributed by atoms with Gasteiger partial charge in [0.25, 0.3) is 0 Å². The highest BCUT2D eigenvalue weighted by molar-refractivity contribution is 7.09. The lowest BCUT2D eigenvalue weighted by molar-refractivity contribution is 0.177. The molecule has 2 rings (SSSR count). The molecule has 2 heterocycles. The van der Waals surface area contributed by atoms with Gasteiger partial charge in [-0.05, 0) is 13.0 Å². The number of hydrogen-bond donors (Lipinski definition) is 1. The standard InChI is InChI=1S/C12H14N2O2S/c1-8-7-17-12(14-8)4-11(15)9-3-10(16-2)6-13-5-9/h3,5-7,11,15H,4H2,1-2H3. The molecule has 0 aromatic carbocycles. The summed E-state index contributed by atoms with van der Waals surface area (Å²) in [5, 5.41) is 13.0. The highest BCUT2D eigenvalue weighted by atomic mass is 32.1.